The maximum Gasteiger partial charge on any atom is 0.270 e. The van der Waals surface area contributed by atoms with E-state index in [4.69, 9.17) is 4.74 Å². The lowest BCUT2D eigenvalue weighted by Gasteiger charge is -2.33. The molecular formula is C24H21N7O4. The van der Waals surface area contributed by atoms with E-state index < -0.39 is 4.92 Å². The number of carbonyl (C=O) groups excluding carboxylic acids is 1. The summed E-state index contributed by atoms with van der Waals surface area (Å²) in [5.41, 5.74) is 2.91. The van der Waals surface area contributed by atoms with Gasteiger partial charge in [-0.1, -0.05) is 6.07 Å². The van der Waals surface area contributed by atoms with E-state index in [0.717, 1.165) is 24.0 Å². The van der Waals surface area contributed by atoms with Crippen LogP contribution in [0.4, 0.5) is 5.69 Å². The Morgan fingerprint density at radius 1 is 1.23 bits per heavy atom. The maximum atomic E-state index is 13.0. The number of hydrogen-bond donors (Lipinski definition) is 0. The second-order valence-corrected chi connectivity index (χ2v) is 8.32. The summed E-state index contributed by atoms with van der Waals surface area (Å²) in [6.45, 7) is 1.04. The van der Waals surface area contributed by atoms with Gasteiger partial charge in [0.05, 0.1) is 30.5 Å². The molecule has 0 spiro atoms. The number of aromatic nitrogens is 4. The van der Waals surface area contributed by atoms with Crippen LogP contribution in [0, 0.1) is 21.4 Å². The Balaban J connectivity index is 1.38. The van der Waals surface area contributed by atoms with Gasteiger partial charge in [-0.3, -0.25) is 19.6 Å². The number of amides is 1. The van der Waals surface area contributed by atoms with E-state index in [9.17, 15) is 20.2 Å². The number of ether oxygens (including phenoxy) is 1. The number of pyridine rings is 1. The quantitative estimate of drug-likeness (QED) is 0.322. The molecule has 1 aliphatic heterocycles. The van der Waals surface area contributed by atoms with Gasteiger partial charge in [-0.2, -0.15) is 15.5 Å². The maximum absolute atomic E-state index is 13.0. The van der Waals surface area contributed by atoms with E-state index in [1.807, 2.05) is 23.1 Å². The Bertz CT molecular complexity index is 1480. The first-order chi connectivity index (χ1) is 17.0. The van der Waals surface area contributed by atoms with Crippen molar-refractivity contribution in [2.24, 2.45) is 0 Å². The first kappa shape index (κ1) is 22.1. The zero-order valence-electron chi connectivity index (χ0n) is 18.9. The van der Waals surface area contributed by atoms with Crippen molar-refractivity contribution in [3.63, 3.8) is 0 Å². The van der Waals surface area contributed by atoms with Gasteiger partial charge < -0.3 is 9.64 Å². The number of piperidine rings is 1. The lowest BCUT2D eigenvalue weighted by molar-refractivity contribution is -0.384. The molecule has 3 aromatic heterocycles. The van der Waals surface area contributed by atoms with Crippen LogP contribution in [0.25, 0.3) is 16.6 Å². The average Bonchev–Trinajstić information content (AvgIpc) is 3.55. The summed E-state index contributed by atoms with van der Waals surface area (Å²) in [4.78, 5) is 25.3. The van der Waals surface area contributed by atoms with Gasteiger partial charge in [-0.05, 0) is 25.0 Å². The van der Waals surface area contributed by atoms with Gasteiger partial charge in [0.15, 0.2) is 0 Å². The number of non-ortho nitro benzene ring substituents is 1. The highest BCUT2D eigenvalue weighted by molar-refractivity contribution is 5.95. The molecule has 0 unspecified atom stereocenters. The van der Waals surface area contributed by atoms with Gasteiger partial charge >= 0.3 is 0 Å². The molecule has 0 radical (unpaired) electrons. The number of hydrogen-bond acceptors (Lipinski definition) is 7. The first-order valence-corrected chi connectivity index (χ1v) is 11.0. The summed E-state index contributed by atoms with van der Waals surface area (Å²) in [5.74, 6) is 0.309. The van der Waals surface area contributed by atoms with E-state index in [1.165, 1.54) is 24.4 Å². The van der Waals surface area contributed by atoms with Crippen LogP contribution in [0.3, 0.4) is 0 Å². The van der Waals surface area contributed by atoms with Crippen LogP contribution in [-0.4, -0.2) is 55.3 Å². The molecule has 0 aliphatic carbocycles. The minimum Gasteiger partial charge on any atom is -0.494 e. The highest BCUT2D eigenvalue weighted by atomic mass is 16.6. The van der Waals surface area contributed by atoms with E-state index >= 15 is 0 Å². The SMILES string of the molecule is COc1cc(-c2cnn([C@@H]3CCCN(C(=O)c4cccc([N+](=O)[O-])c4)C3)c2)cn2ncc(C#N)c12. The minimum atomic E-state index is -0.502. The average molecular weight is 471 g/mol. The largest absolute Gasteiger partial charge is 0.494 e. The lowest BCUT2D eigenvalue weighted by Crippen LogP contribution is -2.40. The predicted octanol–water partition coefficient (Wildman–Crippen LogP) is 3.46. The van der Waals surface area contributed by atoms with E-state index in [-0.39, 0.29) is 17.6 Å². The number of fused-ring (bicyclic) bond motifs is 1. The molecule has 11 heteroatoms. The van der Waals surface area contributed by atoms with Gasteiger partial charge in [-0.25, -0.2) is 4.52 Å². The zero-order valence-corrected chi connectivity index (χ0v) is 18.9. The fourth-order valence-corrected chi connectivity index (χ4v) is 4.46. The number of nitrogens with zero attached hydrogens (tertiary/aromatic N) is 7. The third-order valence-corrected chi connectivity index (χ3v) is 6.21. The lowest BCUT2D eigenvalue weighted by atomic mass is 10.0. The zero-order chi connectivity index (χ0) is 24.5. The molecule has 11 nitrogen and oxygen atoms in total. The van der Waals surface area contributed by atoms with Crippen molar-refractivity contribution in [2.75, 3.05) is 20.2 Å². The van der Waals surface area contributed by atoms with Crippen LogP contribution >= 0.6 is 0 Å². The number of likely N-dealkylation sites (tertiary alicyclic amines) is 1. The number of rotatable bonds is 5. The summed E-state index contributed by atoms with van der Waals surface area (Å²) < 4.78 is 8.96. The van der Waals surface area contributed by atoms with Gasteiger partial charge in [0.1, 0.15) is 22.9 Å². The Labute approximate surface area is 199 Å². The molecule has 4 aromatic rings. The molecule has 0 bridgehead atoms. The van der Waals surface area contributed by atoms with Crippen LogP contribution in [0.1, 0.15) is 34.8 Å². The number of methoxy groups -OCH3 is 1. The number of nitriles is 1. The minimum absolute atomic E-state index is 0.0272. The van der Waals surface area contributed by atoms with Gasteiger partial charge in [0, 0.05) is 54.3 Å². The Morgan fingerprint density at radius 2 is 2.09 bits per heavy atom. The molecule has 35 heavy (non-hydrogen) atoms. The molecule has 4 heterocycles. The number of nitro benzene ring substituents is 1. The molecule has 1 saturated heterocycles. The standard InChI is InChI=1S/C24H21N7O4/c1-35-22-9-17(13-30-23(22)18(10-25)11-27-30)19-12-26-29(14-19)21-6-3-7-28(15-21)24(32)16-4-2-5-20(8-16)31(33)34/h2,4-5,8-9,11-14,21H,3,6-7,15H2,1H3/t21-/m1/s1. The van der Waals surface area contributed by atoms with Crippen LogP contribution in [0.15, 0.2) is 55.1 Å². The summed E-state index contributed by atoms with van der Waals surface area (Å²) in [5, 5.41) is 29.2. The van der Waals surface area contributed by atoms with E-state index in [1.54, 1.807) is 28.8 Å². The molecule has 5 rings (SSSR count). The Kier molecular flexibility index (Phi) is 5.62. The molecule has 1 aromatic carbocycles. The van der Waals surface area contributed by atoms with Crippen molar-refractivity contribution >= 4 is 17.1 Å². The molecule has 0 saturated carbocycles. The first-order valence-electron chi connectivity index (χ1n) is 11.0. The van der Waals surface area contributed by atoms with Crippen LogP contribution in [-0.2, 0) is 0 Å². The van der Waals surface area contributed by atoms with Crippen LogP contribution in [0.5, 0.6) is 5.75 Å². The van der Waals surface area contributed by atoms with Crippen molar-refractivity contribution in [3.05, 3.63) is 76.4 Å². The summed E-state index contributed by atoms with van der Waals surface area (Å²) in [7, 11) is 1.55. The van der Waals surface area contributed by atoms with Crippen LogP contribution in [0.2, 0.25) is 0 Å². The summed E-state index contributed by atoms with van der Waals surface area (Å²) in [6.07, 6.45) is 8.63. The summed E-state index contributed by atoms with van der Waals surface area (Å²) >= 11 is 0. The Hall–Kier alpha value is -4.72. The van der Waals surface area contributed by atoms with Crippen molar-refractivity contribution in [2.45, 2.75) is 18.9 Å². The molecule has 1 atom stereocenters. The monoisotopic (exact) mass is 471 g/mol. The molecule has 1 amide bonds. The van der Waals surface area contributed by atoms with Crippen molar-refractivity contribution in [3.8, 4) is 22.9 Å². The fraction of sp³-hybridized carbons (Fsp3) is 0.250. The highest BCUT2D eigenvalue weighted by Crippen LogP contribution is 2.31. The van der Waals surface area contributed by atoms with E-state index in [0.29, 0.717) is 35.5 Å². The van der Waals surface area contributed by atoms with Crippen molar-refractivity contribution in [1.82, 2.24) is 24.3 Å². The van der Waals surface area contributed by atoms with Crippen molar-refractivity contribution < 1.29 is 14.5 Å². The molecule has 1 fully saturated rings. The number of benzene rings is 1. The Morgan fingerprint density at radius 3 is 2.86 bits per heavy atom. The third kappa shape index (κ3) is 4.06. The van der Waals surface area contributed by atoms with Crippen molar-refractivity contribution in [1.29, 1.82) is 5.26 Å². The third-order valence-electron chi connectivity index (χ3n) is 6.21. The number of carbonyl (C=O) groups is 1. The predicted molar refractivity (Wildman–Crippen MR) is 125 cm³/mol. The van der Waals surface area contributed by atoms with Gasteiger partial charge in [0.25, 0.3) is 11.6 Å². The number of nitro groups is 1. The van der Waals surface area contributed by atoms with E-state index in [2.05, 4.69) is 16.3 Å². The fourth-order valence-electron chi connectivity index (χ4n) is 4.46. The van der Waals surface area contributed by atoms with Gasteiger partial charge in [0.2, 0.25) is 0 Å². The normalized spacial score (nSPS) is 15.7. The smallest absolute Gasteiger partial charge is 0.270 e. The highest BCUT2D eigenvalue weighted by Gasteiger charge is 2.27. The molecule has 1 aliphatic rings. The topological polar surface area (TPSA) is 132 Å². The summed E-state index contributed by atoms with van der Waals surface area (Å²) in [6, 6.07) is 9.75. The second-order valence-electron chi connectivity index (χ2n) is 8.32. The molecular weight excluding hydrogens is 450 g/mol. The molecule has 176 valence electrons. The second kappa shape index (κ2) is 8.90. The molecule has 0 N–H and O–H groups in total. The van der Waals surface area contributed by atoms with Gasteiger partial charge in [-0.15, -0.1) is 0 Å². The van der Waals surface area contributed by atoms with Crippen LogP contribution < -0.4 is 4.74 Å².